The number of nitrogens with zero attached hydrogens (tertiary/aromatic N) is 7. The normalized spacial score (nSPS) is 17.9. The van der Waals surface area contributed by atoms with Gasteiger partial charge in [-0.15, -0.1) is 0 Å². The summed E-state index contributed by atoms with van der Waals surface area (Å²) in [4.78, 5) is 35.2. The molecule has 0 saturated carbocycles. The fourth-order valence-electron chi connectivity index (χ4n) is 3.87. The predicted octanol–water partition coefficient (Wildman–Crippen LogP) is 0.903. The molecule has 0 N–H and O–H groups in total. The molecule has 0 unspecified atom stereocenters. The number of methoxy groups -OCH3 is 1. The molecule has 2 aromatic heterocycles. The zero-order chi connectivity index (χ0) is 21.1. The molecule has 0 spiro atoms. The van der Waals surface area contributed by atoms with Crippen molar-refractivity contribution in [2.75, 3.05) is 76.3 Å². The Morgan fingerprint density at radius 1 is 1.00 bits per heavy atom. The molecule has 0 radical (unpaired) electrons. The highest BCUT2D eigenvalue weighted by Gasteiger charge is 2.26. The summed E-state index contributed by atoms with van der Waals surface area (Å²) in [6.45, 7) is 8.65. The van der Waals surface area contributed by atoms with E-state index in [9.17, 15) is 4.79 Å². The molecule has 2 saturated heterocycles. The maximum Gasteiger partial charge on any atom is 0.259 e. The average molecular weight is 412 g/mol. The fraction of sp³-hybridized carbons (Fsp3) is 0.524. The second kappa shape index (κ2) is 8.83. The Kier molecular flexibility index (Phi) is 5.98. The SMILES string of the molecule is COc1ncccc1C(=O)N1CCN(c2nc(C)cc(N3CCN(C)CC3)n2)CC1. The van der Waals surface area contributed by atoms with Crippen LogP contribution in [0.25, 0.3) is 0 Å². The maximum absolute atomic E-state index is 12.9. The van der Waals surface area contributed by atoms with E-state index in [1.165, 1.54) is 7.11 Å². The molecule has 2 aliphatic heterocycles. The third-order valence-electron chi connectivity index (χ3n) is 5.70. The number of aryl methyl sites for hydroxylation is 1. The minimum atomic E-state index is -0.0529. The van der Waals surface area contributed by atoms with Crippen LogP contribution >= 0.6 is 0 Å². The van der Waals surface area contributed by atoms with Gasteiger partial charge in [-0.1, -0.05) is 0 Å². The first-order chi connectivity index (χ1) is 14.5. The molecule has 9 nitrogen and oxygen atoms in total. The third-order valence-corrected chi connectivity index (χ3v) is 5.70. The van der Waals surface area contributed by atoms with Crippen molar-refractivity contribution in [1.29, 1.82) is 0 Å². The molecule has 2 aromatic rings. The van der Waals surface area contributed by atoms with Crippen molar-refractivity contribution >= 4 is 17.7 Å². The number of hydrogen-bond acceptors (Lipinski definition) is 8. The van der Waals surface area contributed by atoms with E-state index in [0.29, 0.717) is 37.6 Å². The number of carbonyl (C=O) groups is 1. The van der Waals surface area contributed by atoms with Crippen molar-refractivity contribution in [3.05, 3.63) is 35.7 Å². The number of hydrogen-bond donors (Lipinski definition) is 0. The van der Waals surface area contributed by atoms with E-state index < -0.39 is 0 Å². The van der Waals surface area contributed by atoms with Gasteiger partial charge in [0, 0.05) is 70.3 Å². The number of amides is 1. The molecule has 0 aromatic carbocycles. The summed E-state index contributed by atoms with van der Waals surface area (Å²) >= 11 is 0. The topological polar surface area (TPSA) is 77.9 Å². The van der Waals surface area contributed by atoms with Crippen LogP contribution in [0.5, 0.6) is 5.88 Å². The Morgan fingerprint density at radius 3 is 2.40 bits per heavy atom. The van der Waals surface area contributed by atoms with Gasteiger partial charge in [-0.3, -0.25) is 4.79 Å². The zero-order valence-corrected chi connectivity index (χ0v) is 17.9. The van der Waals surface area contributed by atoms with E-state index in [2.05, 4.69) is 37.8 Å². The van der Waals surface area contributed by atoms with Crippen molar-refractivity contribution in [3.8, 4) is 5.88 Å². The lowest BCUT2D eigenvalue weighted by Crippen LogP contribution is -2.49. The lowest BCUT2D eigenvalue weighted by Gasteiger charge is -2.36. The van der Waals surface area contributed by atoms with Gasteiger partial charge in [-0.25, -0.2) is 9.97 Å². The Balaban J connectivity index is 1.43. The lowest BCUT2D eigenvalue weighted by atomic mass is 10.2. The number of rotatable bonds is 4. The molecule has 9 heteroatoms. The molecule has 2 aliphatic rings. The van der Waals surface area contributed by atoms with Gasteiger partial charge in [-0.05, 0) is 26.1 Å². The molecule has 2 fully saturated rings. The molecule has 160 valence electrons. The number of aromatic nitrogens is 3. The van der Waals surface area contributed by atoms with E-state index in [-0.39, 0.29) is 5.91 Å². The highest BCUT2D eigenvalue weighted by molar-refractivity contribution is 5.96. The van der Waals surface area contributed by atoms with Gasteiger partial charge in [0.1, 0.15) is 11.4 Å². The van der Waals surface area contributed by atoms with Crippen molar-refractivity contribution in [3.63, 3.8) is 0 Å². The first kappa shape index (κ1) is 20.3. The van der Waals surface area contributed by atoms with Crippen LogP contribution in [0.1, 0.15) is 16.1 Å². The van der Waals surface area contributed by atoms with Crippen LogP contribution in [-0.4, -0.2) is 97.2 Å². The number of ether oxygens (including phenoxy) is 1. The summed E-state index contributed by atoms with van der Waals surface area (Å²) in [5.41, 5.74) is 1.46. The number of piperazine rings is 2. The summed E-state index contributed by atoms with van der Waals surface area (Å²) in [5.74, 6) is 2.05. The second-order valence-corrected chi connectivity index (χ2v) is 7.80. The van der Waals surface area contributed by atoms with Crippen LogP contribution in [0.4, 0.5) is 11.8 Å². The summed E-state index contributed by atoms with van der Waals surface area (Å²) in [5, 5.41) is 0. The summed E-state index contributed by atoms with van der Waals surface area (Å²) < 4.78 is 5.24. The van der Waals surface area contributed by atoms with Crippen LogP contribution in [-0.2, 0) is 0 Å². The van der Waals surface area contributed by atoms with Crippen LogP contribution in [0.15, 0.2) is 24.4 Å². The van der Waals surface area contributed by atoms with Crippen LogP contribution < -0.4 is 14.5 Å². The van der Waals surface area contributed by atoms with E-state index in [4.69, 9.17) is 9.72 Å². The van der Waals surface area contributed by atoms with E-state index in [0.717, 1.165) is 43.6 Å². The molecule has 4 rings (SSSR count). The first-order valence-corrected chi connectivity index (χ1v) is 10.4. The van der Waals surface area contributed by atoms with Gasteiger partial charge >= 0.3 is 0 Å². The molecular formula is C21H29N7O2. The second-order valence-electron chi connectivity index (χ2n) is 7.80. The third kappa shape index (κ3) is 4.30. The van der Waals surface area contributed by atoms with Crippen LogP contribution in [0, 0.1) is 6.92 Å². The van der Waals surface area contributed by atoms with Gasteiger partial charge < -0.3 is 24.3 Å². The zero-order valence-electron chi connectivity index (χ0n) is 17.9. The summed E-state index contributed by atoms with van der Waals surface area (Å²) in [6, 6.07) is 5.57. The van der Waals surface area contributed by atoms with Gasteiger partial charge in [0.15, 0.2) is 0 Å². The lowest BCUT2D eigenvalue weighted by molar-refractivity contribution is 0.0742. The van der Waals surface area contributed by atoms with Crippen molar-refractivity contribution in [1.82, 2.24) is 24.8 Å². The van der Waals surface area contributed by atoms with E-state index >= 15 is 0 Å². The van der Waals surface area contributed by atoms with Gasteiger partial charge in [0.2, 0.25) is 11.8 Å². The van der Waals surface area contributed by atoms with Gasteiger partial charge in [0.05, 0.1) is 7.11 Å². The molecule has 30 heavy (non-hydrogen) atoms. The van der Waals surface area contributed by atoms with Gasteiger partial charge in [-0.2, -0.15) is 4.98 Å². The monoisotopic (exact) mass is 411 g/mol. The Morgan fingerprint density at radius 2 is 1.70 bits per heavy atom. The van der Waals surface area contributed by atoms with Crippen molar-refractivity contribution < 1.29 is 9.53 Å². The summed E-state index contributed by atoms with van der Waals surface area (Å²) in [7, 11) is 3.68. The van der Waals surface area contributed by atoms with Crippen LogP contribution in [0.3, 0.4) is 0 Å². The quantitative estimate of drug-likeness (QED) is 0.735. The Hall–Kier alpha value is -2.94. The Labute approximate surface area is 177 Å². The average Bonchev–Trinajstić information content (AvgIpc) is 2.78. The number of anilines is 2. The minimum Gasteiger partial charge on any atom is -0.480 e. The highest BCUT2D eigenvalue weighted by Crippen LogP contribution is 2.21. The number of pyridine rings is 1. The minimum absolute atomic E-state index is 0.0529. The molecule has 0 atom stereocenters. The van der Waals surface area contributed by atoms with E-state index in [1.54, 1.807) is 18.3 Å². The Bertz CT molecular complexity index is 891. The number of likely N-dealkylation sites (N-methyl/N-ethyl adjacent to an activating group) is 1. The molecule has 1 amide bonds. The largest absolute Gasteiger partial charge is 0.480 e. The van der Waals surface area contributed by atoms with E-state index in [1.807, 2.05) is 11.8 Å². The molecular weight excluding hydrogens is 382 g/mol. The smallest absolute Gasteiger partial charge is 0.259 e. The molecule has 0 aliphatic carbocycles. The fourth-order valence-corrected chi connectivity index (χ4v) is 3.87. The summed E-state index contributed by atoms with van der Waals surface area (Å²) in [6.07, 6.45) is 1.63. The van der Waals surface area contributed by atoms with Crippen molar-refractivity contribution in [2.45, 2.75) is 6.92 Å². The van der Waals surface area contributed by atoms with Crippen LogP contribution in [0.2, 0.25) is 0 Å². The number of carbonyl (C=O) groups excluding carboxylic acids is 1. The maximum atomic E-state index is 12.9. The predicted molar refractivity (Wildman–Crippen MR) is 115 cm³/mol. The molecule has 0 bridgehead atoms. The van der Waals surface area contributed by atoms with Gasteiger partial charge in [0.25, 0.3) is 5.91 Å². The van der Waals surface area contributed by atoms with Crippen molar-refractivity contribution in [2.24, 2.45) is 0 Å². The highest BCUT2D eigenvalue weighted by atomic mass is 16.5. The molecule has 4 heterocycles. The first-order valence-electron chi connectivity index (χ1n) is 10.4. The standard InChI is InChI=1S/C21H29N7O2/c1-16-15-18(26-9-7-25(2)8-10-26)24-21(23-16)28-13-11-27(12-14-28)20(29)17-5-4-6-22-19(17)30-3/h4-6,15H,7-14H2,1-3H3.